The summed E-state index contributed by atoms with van der Waals surface area (Å²) in [4.78, 5) is 0. The molecule has 3 heteroatoms. The lowest BCUT2D eigenvalue weighted by Crippen LogP contribution is -2.11. The van der Waals surface area contributed by atoms with E-state index >= 15 is 0 Å². The molecule has 1 aromatic carbocycles. The van der Waals surface area contributed by atoms with E-state index in [2.05, 4.69) is 0 Å². The van der Waals surface area contributed by atoms with Crippen molar-refractivity contribution in [2.24, 2.45) is 0 Å². The van der Waals surface area contributed by atoms with Gasteiger partial charge in [-0.25, -0.2) is 4.39 Å². The minimum Gasteiger partial charge on any atom is -0.449 e. The maximum Gasteiger partial charge on any atom is 0.304 e. The number of hydrogen-bond acceptors (Lipinski definition) is 1. The molecule has 0 fully saturated rings. The zero-order valence-electron chi connectivity index (χ0n) is 4.84. The van der Waals surface area contributed by atoms with Crippen LogP contribution in [0.2, 0.25) is 0 Å². The van der Waals surface area contributed by atoms with Gasteiger partial charge < -0.3 is 5.02 Å². The lowest BCUT2D eigenvalue weighted by molar-refractivity contribution is 0.614. The van der Waals surface area contributed by atoms with Crippen LogP contribution in [0, 0.1) is 5.82 Å². The van der Waals surface area contributed by atoms with Gasteiger partial charge in [0.05, 0.1) is 0 Å². The third-order valence-corrected chi connectivity index (χ3v) is 1.10. The Kier molecular flexibility index (Phi) is 1.85. The topological polar surface area (TPSA) is 20.2 Å². The summed E-state index contributed by atoms with van der Waals surface area (Å²) < 4.78 is 12.1. The maximum absolute atomic E-state index is 12.1. The average Bonchev–Trinajstić information content (AvgIpc) is 1.90. The first kappa shape index (κ1) is 6.30. The van der Waals surface area contributed by atoms with Crippen molar-refractivity contribution in [1.82, 2.24) is 0 Å². The Labute approximate surface area is 53.4 Å². The lowest BCUT2D eigenvalue weighted by atomic mass is 9.89. The minimum absolute atomic E-state index is 0.0275. The van der Waals surface area contributed by atoms with Crippen molar-refractivity contribution in [2.75, 3.05) is 0 Å². The van der Waals surface area contributed by atoms with Crippen molar-refractivity contribution in [3.05, 3.63) is 30.1 Å². The van der Waals surface area contributed by atoms with Crippen molar-refractivity contribution in [1.29, 1.82) is 0 Å². The normalized spacial score (nSPS) is 9.11. The summed E-state index contributed by atoms with van der Waals surface area (Å²) in [5, 5.41) is 8.51. The summed E-state index contributed by atoms with van der Waals surface area (Å²) in [6.07, 6.45) is 0. The summed E-state index contributed by atoms with van der Waals surface area (Å²) in [6, 6.07) is 5.75. The van der Waals surface area contributed by atoms with Gasteiger partial charge in [0.2, 0.25) is 0 Å². The quantitative estimate of drug-likeness (QED) is 0.513. The van der Waals surface area contributed by atoms with E-state index < -0.39 is 0 Å². The smallest absolute Gasteiger partial charge is 0.304 e. The molecule has 0 amide bonds. The first-order valence-corrected chi connectivity index (χ1v) is 2.68. The number of hydrogen-bond donors (Lipinski definition) is 1. The van der Waals surface area contributed by atoms with Gasteiger partial charge in [-0.2, -0.15) is 0 Å². The molecule has 0 saturated carbocycles. The molecule has 0 aliphatic carbocycles. The molecule has 0 atom stereocenters. The van der Waals surface area contributed by atoms with Crippen molar-refractivity contribution in [2.45, 2.75) is 0 Å². The highest BCUT2D eigenvalue weighted by molar-refractivity contribution is 6.45. The fourth-order valence-corrected chi connectivity index (χ4v) is 0.590. The van der Waals surface area contributed by atoms with Crippen LogP contribution in [0.5, 0.6) is 0 Å². The predicted molar refractivity (Wildman–Crippen MR) is 35.4 cm³/mol. The summed E-state index contributed by atoms with van der Waals surface area (Å²) >= 11 is 0. The predicted octanol–water partition coefficient (Wildman–Crippen LogP) is -0.205. The molecule has 1 N–H and O–H groups in total. The number of halogens is 1. The van der Waals surface area contributed by atoms with E-state index in [1.807, 2.05) is 0 Å². The summed E-state index contributed by atoms with van der Waals surface area (Å²) in [6.45, 7) is 0. The molecular weight excluding hydrogens is 118 g/mol. The highest BCUT2D eigenvalue weighted by Gasteiger charge is 1.90. The highest BCUT2D eigenvalue weighted by atomic mass is 19.1. The number of rotatable bonds is 1. The summed E-state index contributed by atoms with van der Waals surface area (Å²) in [5.74, 6) is -0.271. The molecule has 0 aliphatic heterocycles. The van der Waals surface area contributed by atoms with Gasteiger partial charge in [0.1, 0.15) is 5.82 Å². The Morgan fingerprint density at radius 1 is 1.22 bits per heavy atom. The van der Waals surface area contributed by atoms with Gasteiger partial charge in [-0.05, 0) is 12.1 Å². The van der Waals surface area contributed by atoms with Crippen LogP contribution in [0.4, 0.5) is 4.39 Å². The van der Waals surface area contributed by atoms with Gasteiger partial charge in [0.15, 0.2) is 0 Å². The standard InChI is InChI=1S/C6H6BFO/c8-6-3-1-5(7-9)2-4-6/h1-4,7,9H. The largest absolute Gasteiger partial charge is 0.449 e. The SMILES string of the molecule is OBc1ccc(F)cc1. The molecule has 0 aromatic heterocycles. The molecule has 9 heavy (non-hydrogen) atoms. The van der Waals surface area contributed by atoms with Gasteiger partial charge in [0.25, 0.3) is 0 Å². The first-order valence-electron chi connectivity index (χ1n) is 2.68. The molecular formula is C6H6BFO. The van der Waals surface area contributed by atoms with E-state index in [-0.39, 0.29) is 13.3 Å². The monoisotopic (exact) mass is 124 g/mol. The molecule has 0 spiro atoms. The van der Waals surface area contributed by atoms with Gasteiger partial charge in [-0.3, -0.25) is 0 Å². The van der Waals surface area contributed by atoms with Gasteiger partial charge in [-0.15, -0.1) is 0 Å². The molecule has 0 radical (unpaired) electrons. The zero-order valence-corrected chi connectivity index (χ0v) is 4.84. The molecule has 1 aromatic rings. The molecule has 0 saturated heterocycles. The van der Waals surface area contributed by atoms with E-state index in [1.165, 1.54) is 12.1 Å². The zero-order chi connectivity index (χ0) is 6.69. The molecule has 0 bridgehead atoms. The molecule has 0 heterocycles. The van der Waals surface area contributed by atoms with Crippen LogP contribution in [-0.2, 0) is 0 Å². The van der Waals surface area contributed by atoms with E-state index in [0.717, 1.165) is 5.46 Å². The third-order valence-electron chi connectivity index (χ3n) is 1.10. The van der Waals surface area contributed by atoms with Gasteiger partial charge in [-0.1, -0.05) is 17.6 Å². The van der Waals surface area contributed by atoms with E-state index in [1.54, 1.807) is 12.1 Å². The van der Waals surface area contributed by atoms with Crippen molar-refractivity contribution >= 4 is 12.9 Å². The Morgan fingerprint density at radius 2 is 1.78 bits per heavy atom. The second-order valence-corrected chi connectivity index (χ2v) is 1.78. The summed E-state index contributed by atoms with van der Waals surface area (Å²) in [5.41, 5.74) is 0.733. The van der Waals surface area contributed by atoms with Crippen LogP contribution in [0.3, 0.4) is 0 Å². The first-order chi connectivity index (χ1) is 4.33. The van der Waals surface area contributed by atoms with Crippen LogP contribution in [0.1, 0.15) is 0 Å². The number of benzene rings is 1. The third kappa shape index (κ3) is 1.54. The van der Waals surface area contributed by atoms with Crippen LogP contribution >= 0.6 is 0 Å². The van der Waals surface area contributed by atoms with Crippen LogP contribution in [0.25, 0.3) is 0 Å². The second kappa shape index (κ2) is 2.64. The van der Waals surface area contributed by atoms with Gasteiger partial charge in [0, 0.05) is 0 Å². The molecule has 46 valence electrons. The second-order valence-electron chi connectivity index (χ2n) is 1.78. The minimum atomic E-state index is -0.271. The Balaban J connectivity index is 2.88. The van der Waals surface area contributed by atoms with Crippen molar-refractivity contribution < 1.29 is 9.41 Å². The van der Waals surface area contributed by atoms with E-state index in [0.29, 0.717) is 0 Å². The lowest BCUT2D eigenvalue weighted by Gasteiger charge is -1.90. The van der Waals surface area contributed by atoms with E-state index in [9.17, 15) is 4.39 Å². The van der Waals surface area contributed by atoms with Crippen LogP contribution in [-0.4, -0.2) is 12.5 Å². The van der Waals surface area contributed by atoms with Crippen LogP contribution < -0.4 is 5.46 Å². The molecule has 0 unspecified atom stereocenters. The fourth-order valence-electron chi connectivity index (χ4n) is 0.590. The Morgan fingerprint density at radius 3 is 2.22 bits per heavy atom. The average molecular weight is 124 g/mol. The maximum atomic E-state index is 12.1. The molecule has 1 rings (SSSR count). The van der Waals surface area contributed by atoms with Crippen molar-refractivity contribution in [3.8, 4) is 0 Å². The van der Waals surface area contributed by atoms with Crippen LogP contribution in [0.15, 0.2) is 24.3 Å². The van der Waals surface area contributed by atoms with E-state index in [4.69, 9.17) is 5.02 Å². The molecule has 0 aliphatic rings. The fraction of sp³-hybridized carbons (Fsp3) is 0. The van der Waals surface area contributed by atoms with Crippen molar-refractivity contribution in [3.63, 3.8) is 0 Å². The Hall–Kier alpha value is -0.825. The Bertz CT molecular complexity index is 185. The highest BCUT2D eigenvalue weighted by Crippen LogP contribution is 1.90. The summed E-state index contributed by atoms with van der Waals surface area (Å²) in [7, 11) is -0.0275. The molecule has 1 nitrogen and oxygen atoms in total. The van der Waals surface area contributed by atoms with Gasteiger partial charge >= 0.3 is 7.48 Å².